The Morgan fingerprint density at radius 2 is 2.00 bits per heavy atom. The number of thiazole rings is 1. The van der Waals surface area contributed by atoms with Crippen molar-refractivity contribution in [2.45, 2.75) is 13.5 Å². The summed E-state index contributed by atoms with van der Waals surface area (Å²) in [6.07, 6.45) is 0. The van der Waals surface area contributed by atoms with Crippen molar-refractivity contribution in [3.8, 4) is 0 Å². The average Bonchev–Trinajstić information content (AvgIpc) is 3.21. The molecule has 136 valence electrons. The highest BCUT2D eigenvalue weighted by Gasteiger charge is 2.14. The molecule has 0 saturated heterocycles. The Kier molecular flexibility index (Phi) is 4.67. The lowest BCUT2D eigenvalue weighted by atomic mass is 10.2. The Bertz CT molecular complexity index is 1290. The van der Waals surface area contributed by atoms with Crippen LogP contribution in [0.5, 0.6) is 0 Å². The van der Waals surface area contributed by atoms with Crippen LogP contribution in [-0.2, 0) is 6.54 Å². The summed E-state index contributed by atoms with van der Waals surface area (Å²) in [6.45, 7) is 2.71. The summed E-state index contributed by atoms with van der Waals surface area (Å²) >= 11 is 6.21. The van der Waals surface area contributed by atoms with Crippen molar-refractivity contribution in [1.29, 1.82) is 0 Å². The number of non-ortho nitro benzene ring substituents is 1. The molecule has 2 heterocycles. The largest absolute Gasteiger partial charge is 0.317 e. The molecule has 27 heavy (non-hydrogen) atoms. The molecule has 0 saturated carbocycles. The Morgan fingerprint density at radius 3 is 2.74 bits per heavy atom. The van der Waals surface area contributed by atoms with Crippen LogP contribution in [0.15, 0.2) is 51.9 Å². The molecular formula is C18H12BrN3O3S2. The van der Waals surface area contributed by atoms with E-state index in [-0.39, 0.29) is 11.6 Å². The van der Waals surface area contributed by atoms with Gasteiger partial charge in [-0.05, 0) is 37.3 Å². The number of aryl methyl sites for hydroxylation is 1. The normalized spacial score (nSPS) is 12.1. The van der Waals surface area contributed by atoms with Gasteiger partial charge in [-0.3, -0.25) is 14.9 Å². The molecule has 0 fully saturated rings. The van der Waals surface area contributed by atoms with Crippen LogP contribution < -0.4 is 4.80 Å². The first kappa shape index (κ1) is 18.0. The first-order valence-electron chi connectivity index (χ1n) is 8.02. The molecule has 0 radical (unpaired) electrons. The van der Waals surface area contributed by atoms with Gasteiger partial charge in [0.1, 0.15) is 0 Å². The molecule has 0 aliphatic heterocycles. The topological polar surface area (TPSA) is 77.5 Å². The monoisotopic (exact) mass is 461 g/mol. The molecule has 0 atom stereocenters. The number of aromatic nitrogens is 1. The predicted molar refractivity (Wildman–Crippen MR) is 112 cm³/mol. The van der Waals surface area contributed by atoms with E-state index in [1.165, 1.54) is 34.8 Å². The number of hydrogen-bond acceptors (Lipinski definition) is 5. The molecule has 0 spiro atoms. The zero-order chi connectivity index (χ0) is 19.1. The van der Waals surface area contributed by atoms with Crippen molar-refractivity contribution < 1.29 is 9.72 Å². The standard InChI is InChI=1S/C18H12BrN3O3S2/c1-2-21-13-5-3-11(19)9-15(13)27-18(21)20-17(23)16-8-10-7-12(22(24)25)4-6-14(10)26-16/h3-9H,2H2,1H3. The van der Waals surface area contributed by atoms with Crippen molar-refractivity contribution in [2.75, 3.05) is 0 Å². The van der Waals surface area contributed by atoms with Crippen LogP contribution in [0.2, 0.25) is 0 Å². The summed E-state index contributed by atoms with van der Waals surface area (Å²) in [4.78, 5) is 28.6. The second-order valence-corrected chi connectivity index (χ2v) is 8.76. The zero-order valence-electron chi connectivity index (χ0n) is 14.0. The van der Waals surface area contributed by atoms with Crippen molar-refractivity contribution in [3.05, 3.63) is 66.7 Å². The van der Waals surface area contributed by atoms with Crippen LogP contribution in [0.3, 0.4) is 0 Å². The average molecular weight is 462 g/mol. The quantitative estimate of drug-likeness (QED) is 0.304. The minimum absolute atomic E-state index is 0.00939. The molecule has 4 rings (SSSR count). The molecule has 1 amide bonds. The van der Waals surface area contributed by atoms with Crippen LogP contribution >= 0.6 is 38.6 Å². The van der Waals surface area contributed by atoms with E-state index >= 15 is 0 Å². The molecule has 0 aliphatic rings. The fraction of sp³-hybridized carbons (Fsp3) is 0.111. The fourth-order valence-electron chi connectivity index (χ4n) is 2.83. The minimum Gasteiger partial charge on any atom is -0.317 e. The van der Waals surface area contributed by atoms with E-state index in [4.69, 9.17) is 0 Å². The van der Waals surface area contributed by atoms with Gasteiger partial charge in [-0.25, -0.2) is 0 Å². The van der Waals surface area contributed by atoms with Gasteiger partial charge in [0, 0.05) is 33.2 Å². The van der Waals surface area contributed by atoms with Crippen LogP contribution in [0.25, 0.3) is 20.3 Å². The number of nitro groups is 1. The number of halogens is 1. The van der Waals surface area contributed by atoms with E-state index in [1.54, 1.807) is 12.1 Å². The number of nitrogens with zero attached hydrogens (tertiary/aromatic N) is 3. The number of thiophene rings is 1. The second-order valence-electron chi connectivity index (χ2n) is 5.75. The summed E-state index contributed by atoms with van der Waals surface area (Å²) in [6, 6.07) is 12.2. The summed E-state index contributed by atoms with van der Waals surface area (Å²) in [5.41, 5.74) is 1.04. The molecule has 2 aromatic carbocycles. The zero-order valence-corrected chi connectivity index (χ0v) is 17.2. The van der Waals surface area contributed by atoms with E-state index in [2.05, 4.69) is 20.9 Å². The maximum absolute atomic E-state index is 12.7. The third-order valence-corrected chi connectivity index (χ3v) is 6.72. The van der Waals surface area contributed by atoms with Crippen molar-refractivity contribution >= 4 is 70.5 Å². The number of rotatable bonds is 3. The molecule has 2 aromatic heterocycles. The number of carbonyl (C=O) groups excluding carboxylic acids is 1. The SMILES string of the molecule is CCn1c(=NC(=O)c2cc3cc([N+](=O)[O-])ccc3s2)sc2cc(Br)ccc21. The van der Waals surface area contributed by atoms with E-state index in [0.29, 0.717) is 21.6 Å². The highest BCUT2D eigenvalue weighted by atomic mass is 79.9. The van der Waals surface area contributed by atoms with Gasteiger partial charge in [0.15, 0.2) is 4.80 Å². The number of hydrogen-bond donors (Lipinski definition) is 0. The van der Waals surface area contributed by atoms with Crippen LogP contribution in [0.4, 0.5) is 5.69 Å². The molecule has 9 heteroatoms. The smallest absolute Gasteiger partial charge is 0.289 e. The van der Waals surface area contributed by atoms with Crippen LogP contribution in [-0.4, -0.2) is 15.4 Å². The maximum Gasteiger partial charge on any atom is 0.289 e. The number of fused-ring (bicyclic) bond motifs is 2. The number of benzene rings is 2. The molecule has 0 bridgehead atoms. The minimum atomic E-state index is -0.442. The van der Waals surface area contributed by atoms with Crippen molar-refractivity contribution in [2.24, 2.45) is 4.99 Å². The fourth-order valence-corrected chi connectivity index (χ4v) is 5.40. The Balaban J connectivity index is 1.80. The van der Waals surface area contributed by atoms with E-state index in [0.717, 1.165) is 19.4 Å². The van der Waals surface area contributed by atoms with Crippen LogP contribution in [0.1, 0.15) is 16.6 Å². The van der Waals surface area contributed by atoms with E-state index in [1.807, 2.05) is 29.7 Å². The lowest BCUT2D eigenvalue weighted by molar-refractivity contribution is -0.384. The lowest BCUT2D eigenvalue weighted by Crippen LogP contribution is -2.15. The third kappa shape index (κ3) is 3.33. The van der Waals surface area contributed by atoms with Crippen molar-refractivity contribution in [3.63, 3.8) is 0 Å². The van der Waals surface area contributed by atoms with Gasteiger partial charge in [0.05, 0.1) is 20.0 Å². The second kappa shape index (κ2) is 6.99. The maximum atomic E-state index is 12.7. The number of nitro benzene ring substituents is 1. The molecular weight excluding hydrogens is 450 g/mol. The molecule has 4 aromatic rings. The van der Waals surface area contributed by atoms with Gasteiger partial charge in [-0.2, -0.15) is 4.99 Å². The summed E-state index contributed by atoms with van der Waals surface area (Å²) < 4.78 is 4.85. The first-order chi connectivity index (χ1) is 13.0. The van der Waals surface area contributed by atoms with Gasteiger partial charge < -0.3 is 4.57 Å². The highest BCUT2D eigenvalue weighted by Crippen LogP contribution is 2.29. The van der Waals surface area contributed by atoms with Gasteiger partial charge in [-0.15, -0.1) is 11.3 Å². The summed E-state index contributed by atoms with van der Waals surface area (Å²) in [5.74, 6) is -0.341. The van der Waals surface area contributed by atoms with E-state index in [9.17, 15) is 14.9 Å². The number of carbonyl (C=O) groups is 1. The summed E-state index contributed by atoms with van der Waals surface area (Å²) in [5, 5.41) is 11.6. The number of amides is 1. The molecule has 0 N–H and O–H groups in total. The highest BCUT2D eigenvalue weighted by molar-refractivity contribution is 9.10. The third-order valence-electron chi connectivity index (χ3n) is 4.08. The summed E-state index contributed by atoms with van der Waals surface area (Å²) in [7, 11) is 0. The van der Waals surface area contributed by atoms with E-state index < -0.39 is 4.92 Å². The van der Waals surface area contributed by atoms with Gasteiger partial charge in [0.25, 0.3) is 11.6 Å². The Labute approximate surface area is 169 Å². The molecule has 6 nitrogen and oxygen atoms in total. The Hall–Kier alpha value is -2.36. The van der Waals surface area contributed by atoms with Gasteiger partial charge in [-0.1, -0.05) is 27.3 Å². The van der Waals surface area contributed by atoms with Crippen molar-refractivity contribution in [1.82, 2.24) is 4.57 Å². The lowest BCUT2D eigenvalue weighted by Gasteiger charge is -1.99. The van der Waals surface area contributed by atoms with Gasteiger partial charge >= 0.3 is 0 Å². The first-order valence-corrected chi connectivity index (χ1v) is 10.4. The molecule has 0 unspecified atom stereocenters. The Morgan fingerprint density at radius 1 is 1.19 bits per heavy atom. The van der Waals surface area contributed by atoms with Crippen LogP contribution in [0, 0.1) is 10.1 Å². The predicted octanol–water partition coefficient (Wildman–Crippen LogP) is 5.35. The van der Waals surface area contributed by atoms with Gasteiger partial charge in [0.2, 0.25) is 0 Å². The molecule has 0 aliphatic carbocycles.